The topological polar surface area (TPSA) is 48.0 Å². The maximum atomic E-state index is 9.00. The Morgan fingerprint density at radius 1 is 1.00 bits per heavy atom. The maximum absolute atomic E-state index is 9.00. The first-order chi connectivity index (χ1) is 13.3. The summed E-state index contributed by atoms with van der Waals surface area (Å²) >= 11 is 0. The maximum Gasteiger partial charge on any atom is 0.119 e. The Labute approximate surface area is 164 Å². The van der Waals surface area contributed by atoms with Gasteiger partial charge in [0.05, 0.1) is 13.2 Å². The SMILES string of the molecule is OCCN1CCN(CCNC=C2CCC(COc3ccccc3)CC2)CC1. The van der Waals surface area contributed by atoms with Crippen molar-refractivity contribution in [1.82, 2.24) is 15.1 Å². The van der Waals surface area contributed by atoms with Gasteiger partial charge in [-0.2, -0.15) is 0 Å². The summed E-state index contributed by atoms with van der Waals surface area (Å²) in [6.07, 6.45) is 7.10. The number of nitrogens with zero attached hydrogens (tertiary/aromatic N) is 2. The zero-order valence-corrected chi connectivity index (χ0v) is 16.5. The zero-order chi connectivity index (χ0) is 18.7. The van der Waals surface area contributed by atoms with Crippen LogP contribution in [0.2, 0.25) is 0 Å². The van der Waals surface area contributed by atoms with Crippen molar-refractivity contribution in [3.05, 3.63) is 42.1 Å². The van der Waals surface area contributed by atoms with E-state index >= 15 is 0 Å². The molecular formula is C22H35N3O2. The van der Waals surface area contributed by atoms with Gasteiger partial charge in [0.2, 0.25) is 0 Å². The molecular weight excluding hydrogens is 338 g/mol. The first-order valence-electron chi connectivity index (χ1n) is 10.5. The van der Waals surface area contributed by atoms with Crippen molar-refractivity contribution in [2.75, 3.05) is 59.0 Å². The van der Waals surface area contributed by atoms with Gasteiger partial charge in [0.1, 0.15) is 5.75 Å². The number of rotatable bonds is 9. The van der Waals surface area contributed by atoms with Crippen LogP contribution in [0.15, 0.2) is 42.1 Å². The average molecular weight is 374 g/mol. The highest BCUT2D eigenvalue weighted by atomic mass is 16.5. The first-order valence-corrected chi connectivity index (χ1v) is 10.5. The Balaban J connectivity index is 1.25. The summed E-state index contributed by atoms with van der Waals surface area (Å²) in [5, 5.41) is 12.5. The molecule has 3 rings (SSSR count). The number of β-amino-alcohol motifs (C(OH)–C–C–N with tert-alkyl or cyclic N) is 1. The molecule has 1 aromatic carbocycles. The first kappa shape index (κ1) is 20.2. The van der Waals surface area contributed by atoms with Crippen molar-refractivity contribution in [2.45, 2.75) is 25.7 Å². The second-order valence-electron chi connectivity index (χ2n) is 7.73. The predicted octanol–water partition coefficient (Wildman–Crippen LogP) is 2.34. The number of aliphatic hydroxyl groups excluding tert-OH is 1. The fourth-order valence-corrected chi connectivity index (χ4v) is 3.91. The molecule has 1 saturated carbocycles. The lowest BCUT2D eigenvalue weighted by Gasteiger charge is -2.34. The molecule has 27 heavy (non-hydrogen) atoms. The van der Waals surface area contributed by atoms with Crippen LogP contribution in [0.1, 0.15) is 25.7 Å². The molecule has 0 aromatic heterocycles. The highest BCUT2D eigenvalue weighted by molar-refractivity contribution is 5.20. The highest BCUT2D eigenvalue weighted by Gasteiger charge is 2.18. The van der Waals surface area contributed by atoms with E-state index in [4.69, 9.17) is 9.84 Å². The number of aliphatic hydroxyl groups is 1. The molecule has 1 aliphatic heterocycles. The molecule has 1 aliphatic carbocycles. The molecule has 1 saturated heterocycles. The van der Waals surface area contributed by atoms with Gasteiger partial charge >= 0.3 is 0 Å². The standard InChI is InChI=1S/C22H35N3O2/c26-17-16-25-14-12-24(13-15-25)11-10-23-18-20-6-8-21(9-7-20)19-27-22-4-2-1-3-5-22/h1-5,18,21,23,26H,6-17,19H2. The third-order valence-corrected chi connectivity index (χ3v) is 5.74. The van der Waals surface area contributed by atoms with Gasteiger partial charge in [0, 0.05) is 45.8 Å². The van der Waals surface area contributed by atoms with Crippen LogP contribution in [0, 0.1) is 5.92 Å². The number of allylic oxidation sites excluding steroid dienone is 1. The molecule has 0 amide bonds. The van der Waals surface area contributed by atoms with E-state index in [1.54, 1.807) is 5.57 Å². The molecule has 5 heteroatoms. The summed E-state index contributed by atoms with van der Waals surface area (Å²) in [4.78, 5) is 4.85. The van der Waals surface area contributed by atoms with Crippen molar-refractivity contribution in [3.8, 4) is 5.75 Å². The fourth-order valence-electron chi connectivity index (χ4n) is 3.91. The summed E-state index contributed by atoms with van der Waals surface area (Å²) < 4.78 is 5.91. The van der Waals surface area contributed by atoms with E-state index in [0.29, 0.717) is 5.92 Å². The lowest BCUT2D eigenvalue weighted by atomic mass is 9.87. The number of hydrogen-bond donors (Lipinski definition) is 2. The normalized spacial score (nSPS) is 21.8. The van der Waals surface area contributed by atoms with Crippen molar-refractivity contribution in [2.24, 2.45) is 5.92 Å². The van der Waals surface area contributed by atoms with E-state index in [-0.39, 0.29) is 6.61 Å². The average Bonchev–Trinajstić information content (AvgIpc) is 2.73. The van der Waals surface area contributed by atoms with E-state index in [1.807, 2.05) is 30.3 Å². The lowest BCUT2D eigenvalue weighted by molar-refractivity contribution is 0.114. The minimum atomic E-state index is 0.272. The molecule has 0 atom stereocenters. The third kappa shape index (κ3) is 7.17. The van der Waals surface area contributed by atoms with Crippen LogP contribution >= 0.6 is 0 Å². The summed E-state index contributed by atoms with van der Waals surface area (Å²) in [6.45, 7) is 8.43. The second kappa shape index (κ2) is 11.3. The van der Waals surface area contributed by atoms with Gasteiger partial charge in [-0.3, -0.25) is 9.80 Å². The largest absolute Gasteiger partial charge is 0.493 e. The molecule has 2 aliphatic rings. The van der Waals surface area contributed by atoms with Gasteiger partial charge in [0.15, 0.2) is 0 Å². The van der Waals surface area contributed by atoms with Gasteiger partial charge in [-0.15, -0.1) is 0 Å². The summed E-state index contributed by atoms with van der Waals surface area (Å²) in [5.41, 5.74) is 1.55. The lowest BCUT2D eigenvalue weighted by Crippen LogP contribution is -2.48. The molecule has 150 valence electrons. The molecule has 1 aromatic rings. The third-order valence-electron chi connectivity index (χ3n) is 5.74. The van der Waals surface area contributed by atoms with Crippen LogP contribution in [-0.2, 0) is 0 Å². The van der Waals surface area contributed by atoms with Gasteiger partial charge in [-0.05, 0) is 49.9 Å². The van der Waals surface area contributed by atoms with Gasteiger partial charge < -0.3 is 15.2 Å². The van der Waals surface area contributed by atoms with Crippen LogP contribution in [0.5, 0.6) is 5.75 Å². The number of benzene rings is 1. The molecule has 2 N–H and O–H groups in total. The minimum Gasteiger partial charge on any atom is -0.493 e. The van der Waals surface area contributed by atoms with Crippen molar-refractivity contribution in [3.63, 3.8) is 0 Å². The van der Waals surface area contributed by atoms with Crippen LogP contribution in [0.3, 0.4) is 0 Å². The van der Waals surface area contributed by atoms with E-state index in [2.05, 4.69) is 21.3 Å². The van der Waals surface area contributed by atoms with E-state index in [9.17, 15) is 0 Å². The summed E-state index contributed by atoms with van der Waals surface area (Å²) in [6, 6.07) is 10.1. The highest BCUT2D eigenvalue weighted by Crippen LogP contribution is 2.28. The number of ether oxygens (including phenoxy) is 1. The molecule has 0 spiro atoms. The van der Waals surface area contributed by atoms with Gasteiger partial charge in [-0.1, -0.05) is 23.8 Å². The Morgan fingerprint density at radius 2 is 1.67 bits per heavy atom. The zero-order valence-electron chi connectivity index (χ0n) is 16.5. The number of nitrogens with one attached hydrogen (secondary N) is 1. The molecule has 0 unspecified atom stereocenters. The van der Waals surface area contributed by atoms with Crippen LogP contribution in [0.4, 0.5) is 0 Å². The van der Waals surface area contributed by atoms with Crippen molar-refractivity contribution < 1.29 is 9.84 Å². The molecule has 2 fully saturated rings. The van der Waals surface area contributed by atoms with Crippen molar-refractivity contribution >= 4 is 0 Å². The molecule has 0 radical (unpaired) electrons. The van der Waals surface area contributed by atoms with E-state index in [1.165, 1.54) is 25.7 Å². The fraction of sp³-hybridized carbons (Fsp3) is 0.636. The van der Waals surface area contributed by atoms with Crippen LogP contribution in [-0.4, -0.2) is 73.9 Å². The Bertz CT molecular complexity index is 546. The van der Waals surface area contributed by atoms with E-state index in [0.717, 1.165) is 58.2 Å². The van der Waals surface area contributed by atoms with E-state index < -0.39 is 0 Å². The summed E-state index contributed by atoms with van der Waals surface area (Å²) in [5.74, 6) is 1.66. The monoisotopic (exact) mass is 373 g/mol. The van der Waals surface area contributed by atoms with Crippen LogP contribution < -0.4 is 10.1 Å². The Kier molecular flexibility index (Phi) is 8.46. The smallest absolute Gasteiger partial charge is 0.119 e. The Hall–Kier alpha value is -1.56. The Morgan fingerprint density at radius 3 is 2.33 bits per heavy atom. The molecule has 0 bridgehead atoms. The van der Waals surface area contributed by atoms with Gasteiger partial charge in [0.25, 0.3) is 0 Å². The second-order valence-corrected chi connectivity index (χ2v) is 7.73. The van der Waals surface area contributed by atoms with Crippen LogP contribution in [0.25, 0.3) is 0 Å². The summed E-state index contributed by atoms with van der Waals surface area (Å²) in [7, 11) is 0. The molecule has 1 heterocycles. The minimum absolute atomic E-state index is 0.272. The van der Waals surface area contributed by atoms with Gasteiger partial charge in [-0.25, -0.2) is 0 Å². The molecule has 5 nitrogen and oxygen atoms in total. The number of para-hydroxylation sites is 1. The quantitative estimate of drug-likeness (QED) is 0.651. The van der Waals surface area contributed by atoms with Crippen molar-refractivity contribution in [1.29, 1.82) is 0 Å². The number of hydrogen-bond acceptors (Lipinski definition) is 5. The predicted molar refractivity (Wildman–Crippen MR) is 110 cm³/mol. The number of piperazine rings is 1.